The van der Waals surface area contributed by atoms with E-state index in [4.69, 9.17) is 4.74 Å². The quantitative estimate of drug-likeness (QED) is 0.862. The second-order valence-electron chi connectivity index (χ2n) is 5.10. The van der Waals surface area contributed by atoms with Crippen LogP contribution in [0.15, 0.2) is 30.3 Å². The molecule has 0 aliphatic carbocycles. The van der Waals surface area contributed by atoms with Crippen LogP contribution in [-0.2, 0) is 18.4 Å². The maximum atomic E-state index is 11.9. The molecule has 0 fully saturated rings. The normalized spacial score (nSPS) is 10.9. The van der Waals surface area contributed by atoms with Gasteiger partial charge in [0.05, 0.1) is 12.8 Å². The van der Waals surface area contributed by atoms with E-state index in [0.717, 1.165) is 28.3 Å². The molecule has 1 N–H and O–H groups in total. The first kappa shape index (κ1) is 15.8. The second kappa shape index (κ2) is 6.93. The zero-order valence-electron chi connectivity index (χ0n) is 13.4. The van der Waals surface area contributed by atoms with E-state index in [1.807, 2.05) is 49.8 Å². The molecule has 0 unspecified atom stereocenters. The summed E-state index contributed by atoms with van der Waals surface area (Å²) in [6.45, 7) is 4.42. The molecule has 0 bridgehead atoms. The predicted octanol–water partition coefficient (Wildman–Crippen LogP) is 2.38. The van der Waals surface area contributed by atoms with Crippen LogP contribution in [0.25, 0.3) is 6.08 Å². The van der Waals surface area contributed by atoms with Crippen molar-refractivity contribution in [3.63, 3.8) is 0 Å². The van der Waals surface area contributed by atoms with Crippen LogP contribution >= 0.6 is 0 Å². The summed E-state index contributed by atoms with van der Waals surface area (Å²) in [7, 11) is 3.53. The summed E-state index contributed by atoms with van der Waals surface area (Å²) in [5.74, 6) is 0.669. The number of ether oxygens (including phenoxy) is 1. The number of rotatable bonds is 5. The molecule has 1 aromatic carbocycles. The van der Waals surface area contributed by atoms with Crippen molar-refractivity contribution in [1.82, 2.24) is 15.1 Å². The molecule has 2 rings (SSSR count). The lowest BCUT2D eigenvalue weighted by atomic mass is 10.2. The molecule has 0 saturated heterocycles. The number of aryl methyl sites for hydroxylation is 2. The van der Waals surface area contributed by atoms with Crippen LogP contribution in [0.4, 0.5) is 0 Å². The zero-order valence-corrected chi connectivity index (χ0v) is 13.4. The van der Waals surface area contributed by atoms with Gasteiger partial charge in [-0.15, -0.1) is 0 Å². The highest BCUT2D eigenvalue weighted by Gasteiger charge is 2.09. The third-order valence-corrected chi connectivity index (χ3v) is 3.64. The Morgan fingerprint density at radius 3 is 2.55 bits per heavy atom. The van der Waals surface area contributed by atoms with Gasteiger partial charge in [-0.25, -0.2) is 0 Å². The van der Waals surface area contributed by atoms with Crippen LogP contribution in [-0.4, -0.2) is 22.8 Å². The SMILES string of the molecule is COc1ccc(/C=C/C(=O)NCc2c(C)nn(C)c2C)cc1. The largest absolute Gasteiger partial charge is 0.497 e. The van der Waals surface area contributed by atoms with E-state index in [2.05, 4.69) is 10.4 Å². The predicted molar refractivity (Wildman–Crippen MR) is 86.6 cm³/mol. The molecule has 0 atom stereocenters. The number of amides is 1. The number of nitrogens with zero attached hydrogens (tertiary/aromatic N) is 2. The Morgan fingerprint density at radius 2 is 2.00 bits per heavy atom. The van der Waals surface area contributed by atoms with E-state index < -0.39 is 0 Å². The molecule has 0 aliphatic rings. The molecule has 0 spiro atoms. The van der Waals surface area contributed by atoms with Gasteiger partial charge in [-0.3, -0.25) is 9.48 Å². The minimum Gasteiger partial charge on any atom is -0.497 e. The summed E-state index contributed by atoms with van der Waals surface area (Å²) in [6, 6.07) is 7.52. The molecule has 5 heteroatoms. The fourth-order valence-electron chi connectivity index (χ4n) is 2.19. The van der Waals surface area contributed by atoms with E-state index in [0.29, 0.717) is 6.54 Å². The summed E-state index contributed by atoms with van der Waals surface area (Å²) in [6.07, 6.45) is 3.31. The average molecular weight is 299 g/mol. The highest BCUT2D eigenvalue weighted by Crippen LogP contribution is 2.13. The highest BCUT2D eigenvalue weighted by molar-refractivity contribution is 5.91. The summed E-state index contributed by atoms with van der Waals surface area (Å²) in [5.41, 5.74) is 4.02. The first-order valence-electron chi connectivity index (χ1n) is 7.10. The number of aromatic nitrogens is 2. The van der Waals surface area contributed by atoms with Crippen molar-refractivity contribution < 1.29 is 9.53 Å². The lowest BCUT2D eigenvalue weighted by Crippen LogP contribution is -2.21. The van der Waals surface area contributed by atoms with Crippen LogP contribution in [0, 0.1) is 13.8 Å². The molecular formula is C17H21N3O2. The number of methoxy groups -OCH3 is 1. The van der Waals surface area contributed by atoms with Gasteiger partial charge < -0.3 is 10.1 Å². The molecule has 116 valence electrons. The standard InChI is InChI=1S/C17H21N3O2/c1-12-16(13(2)20(3)19-12)11-18-17(21)10-7-14-5-8-15(22-4)9-6-14/h5-10H,11H2,1-4H3,(H,18,21)/b10-7+. The second-order valence-corrected chi connectivity index (χ2v) is 5.10. The Hall–Kier alpha value is -2.56. The highest BCUT2D eigenvalue weighted by atomic mass is 16.5. The van der Waals surface area contributed by atoms with Crippen molar-refractivity contribution >= 4 is 12.0 Å². The lowest BCUT2D eigenvalue weighted by molar-refractivity contribution is -0.116. The number of benzene rings is 1. The summed E-state index contributed by atoms with van der Waals surface area (Å²) in [4.78, 5) is 11.9. The minimum atomic E-state index is -0.126. The van der Waals surface area contributed by atoms with Gasteiger partial charge in [0.2, 0.25) is 5.91 Å². The van der Waals surface area contributed by atoms with Gasteiger partial charge >= 0.3 is 0 Å². The van der Waals surface area contributed by atoms with Gasteiger partial charge in [0.1, 0.15) is 5.75 Å². The van der Waals surface area contributed by atoms with Gasteiger partial charge in [-0.1, -0.05) is 12.1 Å². The Morgan fingerprint density at radius 1 is 1.32 bits per heavy atom. The van der Waals surface area contributed by atoms with Crippen molar-refractivity contribution in [3.05, 3.63) is 52.9 Å². The molecule has 1 amide bonds. The van der Waals surface area contributed by atoms with Crippen molar-refractivity contribution in [3.8, 4) is 5.75 Å². The Kier molecular flexibility index (Phi) is 4.99. The topological polar surface area (TPSA) is 56.1 Å². The first-order chi connectivity index (χ1) is 10.5. The van der Waals surface area contributed by atoms with E-state index >= 15 is 0 Å². The molecule has 0 aliphatic heterocycles. The van der Waals surface area contributed by atoms with Gasteiger partial charge in [0.25, 0.3) is 0 Å². The number of hydrogen-bond donors (Lipinski definition) is 1. The number of carbonyl (C=O) groups is 1. The molecule has 5 nitrogen and oxygen atoms in total. The van der Waals surface area contributed by atoms with Crippen molar-refractivity contribution in [2.75, 3.05) is 7.11 Å². The van der Waals surface area contributed by atoms with Crippen molar-refractivity contribution in [2.24, 2.45) is 7.05 Å². The molecular weight excluding hydrogens is 278 g/mol. The van der Waals surface area contributed by atoms with Crippen molar-refractivity contribution in [1.29, 1.82) is 0 Å². The maximum absolute atomic E-state index is 11.9. The van der Waals surface area contributed by atoms with E-state index in [-0.39, 0.29) is 5.91 Å². The fraction of sp³-hybridized carbons (Fsp3) is 0.294. The summed E-state index contributed by atoms with van der Waals surface area (Å²) >= 11 is 0. The lowest BCUT2D eigenvalue weighted by Gasteiger charge is -2.03. The number of carbonyl (C=O) groups excluding carboxylic acids is 1. The van der Waals surface area contributed by atoms with Gasteiger partial charge in [-0.05, 0) is 37.6 Å². The third kappa shape index (κ3) is 3.75. The first-order valence-corrected chi connectivity index (χ1v) is 7.10. The van der Waals surface area contributed by atoms with Crippen LogP contribution in [0.2, 0.25) is 0 Å². The Bertz CT molecular complexity index is 685. The third-order valence-electron chi connectivity index (χ3n) is 3.64. The van der Waals surface area contributed by atoms with Gasteiger partial charge in [-0.2, -0.15) is 5.10 Å². The summed E-state index contributed by atoms with van der Waals surface area (Å²) in [5, 5.41) is 7.22. The van der Waals surface area contributed by atoms with Crippen LogP contribution in [0.1, 0.15) is 22.5 Å². The Balaban J connectivity index is 1.93. The molecule has 0 saturated carbocycles. The minimum absolute atomic E-state index is 0.126. The zero-order chi connectivity index (χ0) is 16.1. The Labute approximate surface area is 130 Å². The fourth-order valence-corrected chi connectivity index (χ4v) is 2.19. The van der Waals surface area contributed by atoms with Gasteiger partial charge in [0.15, 0.2) is 0 Å². The number of nitrogens with one attached hydrogen (secondary N) is 1. The molecule has 0 radical (unpaired) electrons. The van der Waals surface area contributed by atoms with Crippen LogP contribution < -0.4 is 10.1 Å². The number of hydrogen-bond acceptors (Lipinski definition) is 3. The monoisotopic (exact) mass is 299 g/mol. The van der Waals surface area contributed by atoms with E-state index in [9.17, 15) is 4.79 Å². The molecule has 1 aromatic heterocycles. The molecule has 2 aromatic rings. The smallest absolute Gasteiger partial charge is 0.244 e. The van der Waals surface area contributed by atoms with Crippen molar-refractivity contribution in [2.45, 2.75) is 20.4 Å². The summed E-state index contributed by atoms with van der Waals surface area (Å²) < 4.78 is 6.92. The van der Waals surface area contributed by atoms with E-state index in [1.165, 1.54) is 6.08 Å². The maximum Gasteiger partial charge on any atom is 0.244 e. The molecule has 22 heavy (non-hydrogen) atoms. The van der Waals surface area contributed by atoms with Crippen LogP contribution in [0.3, 0.4) is 0 Å². The average Bonchev–Trinajstić information content (AvgIpc) is 2.76. The van der Waals surface area contributed by atoms with Crippen LogP contribution in [0.5, 0.6) is 5.75 Å². The molecule has 1 heterocycles. The van der Waals surface area contributed by atoms with Gasteiger partial charge in [0, 0.05) is 30.9 Å². The van der Waals surface area contributed by atoms with E-state index in [1.54, 1.807) is 13.2 Å².